The summed E-state index contributed by atoms with van der Waals surface area (Å²) in [4.78, 5) is 11.9. The molecule has 0 saturated heterocycles. The van der Waals surface area contributed by atoms with Crippen LogP contribution in [0.3, 0.4) is 0 Å². The van der Waals surface area contributed by atoms with E-state index in [0.717, 1.165) is 16.5 Å². The predicted molar refractivity (Wildman–Crippen MR) is 84.2 cm³/mol. The Morgan fingerprint density at radius 1 is 1.43 bits per heavy atom. The Morgan fingerprint density at radius 2 is 2.10 bits per heavy atom. The van der Waals surface area contributed by atoms with Crippen LogP contribution in [0.5, 0.6) is 0 Å². The van der Waals surface area contributed by atoms with Crippen molar-refractivity contribution in [2.24, 2.45) is 0 Å². The van der Waals surface area contributed by atoms with Gasteiger partial charge in [0, 0.05) is 10.0 Å². The SMILES string of the molecule is CC[C@H](C)OC(=O)Nc1c(C)noc1-c1ccc(Br)cc1. The van der Waals surface area contributed by atoms with Crippen molar-refractivity contribution in [3.05, 3.63) is 34.4 Å². The maximum absolute atomic E-state index is 11.9. The minimum atomic E-state index is -0.506. The summed E-state index contributed by atoms with van der Waals surface area (Å²) < 4.78 is 11.5. The summed E-state index contributed by atoms with van der Waals surface area (Å²) in [7, 11) is 0. The summed E-state index contributed by atoms with van der Waals surface area (Å²) >= 11 is 3.38. The number of hydrogen-bond donors (Lipinski definition) is 1. The minimum Gasteiger partial charge on any atom is -0.446 e. The highest BCUT2D eigenvalue weighted by atomic mass is 79.9. The molecule has 0 bridgehead atoms. The summed E-state index contributed by atoms with van der Waals surface area (Å²) in [6.45, 7) is 5.57. The third-order valence-corrected chi connectivity index (χ3v) is 3.61. The van der Waals surface area contributed by atoms with Gasteiger partial charge >= 0.3 is 6.09 Å². The van der Waals surface area contributed by atoms with Crippen molar-refractivity contribution in [2.45, 2.75) is 33.3 Å². The van der Waals surface area contributed by atoms with Crippen molar-refractivity contribution in [1.82, 2.24) is 5.16 Å². The van der Waals surface area contributed by atoms with Crippen LogP contribution >= 0.6 is 15.9 Å². The highest BCUT2D eigenvalue weighted by Crippen LogP contribution is 2.31. The number of carbonyl (C=O) groups excluding carboxylic acids is 1. The lowest BCUT2D eigenvalue weighted by atomic mass is 10.1. The van der Waals surface area contributed by atoms with Crippen LogP contribution in [0.1, 0.15) is 26.0 Å². The van der Waals surface area contributed by atoms with E-state index in [-0.39, 0.29) is 6.10 Å². The van der Waals surface area contributed by atoms with Crippen molar-refractivity contribution in [2.75, 3.05) is 5.32 Å². The number of ether oxygens (including phenoxy) is 1. The first kappa shape index (κ1) is 15.6. The molecular formula is C15H17BrN2O3. The topological polar surface area (TPSA) is 64.4 Å². The average molecular weight is 353 g/mol. The Kier molecular flexibility index (Phi) is 5.01. The second-order valence-corrected chi connectivity index (χ2v) is 5.64. The number of aromatic nitrogens is 1. The van der Waals surface area contributed by atoms with E-state index in [1.807, 2.05) is 38.1 Å². The molecule has 1 aromatic carbocycles. The zero-order chi connectivity index (χ0) is 15.4. The van der Waals surface area contributed by atoms with Gasteiger partial charge in [-0.3, -0.25) is 5.32 Å². The van der Waals surface area contributed by atoms with Gasteiger partial charge in [-0.15, -0.1) is 0 Å². The van der Waals surface area contributed by atoms with E-state index in [4.69, 9.17) is 9.26 Å². The van der Waals surface area contributed by atoms with Gasteiger partial charge in [0.1, 0.15) is 17.5 Å². The van der Waals surface area contributed by atoms with E-state index >= 15 is 0 Å². The first-order valence-electron chi connectivity index (χ1n) is 6.71. The van der Waals surface area contributed by atoms with E-state index in [9.17, 15) is 4.79 Å². The number of nitrogens with one attached hydrogen (secondary N) is 1. The molecule has 6 heteroatoms. The van der Waals surface area contributed by atoms with Gasteiger partial charge in [-0.2, -0.15) is 0 Å². The summed E-state index contributed by atoms with van der Waals surface area (Å²) in [6, 6.07) is 7.56. The van der Waals surface area contributed by atoms with Gasteiger partial charge in [0.2, 0.25) is 0 Å². The number of benzene rings is 1. The zero-order valence-electron chi connectivity index (χ0n) is 12.1. The molecule has 1 aromatic heterocycles. The van der Waals surface area contributed by atoms with Gasteiger partial charge < -0.3 is 9.26 Å². The molecule has 0 aliphatic carbocycles. The van der Waals surface area contributed by atoms with Gasteiger partial charge in [-0.25, -0.2) is 4.79 Å². The van der Waals surface area contributed by atoms with E-state index < -0.39 is 6.09 Å². The first-order chi connectivity index (χ1) is 10.0. The van der Waals surface area contributed by atoms with Crippen LogP contribution in [0.2, 0.25) is 0 Å². The third kappa shape index (κ3) is 3.85. The van der Waals surface area contributed by atoms with Gasteiger partial charge in [-0.1, -0.05) is 28.0 Å². The molecule has 0 aliphatic heterocycles. The molecule has 1 amide bonds. The van der Waals surface area contributed by atoms with Gasteiger partial charge in [0.15, 0.2) is 5.76 Å². The third-order valence-electron chi connectivity index (χ3n) is 3.08. The molecule has 2 aromatic rings. The van der Waals surface area contributed by atoms with Crippen LogP contribution in [0, 0.1) is 6.92 Å². The van der Waals surface area contributed by atoms with Gasteiger partial charge in [0.05, 0.1) is 0 Å². The summed E-state index contributed by atoms with van der Waals surface area (Å²) in [5, 5.41) is 6.62. The predicted octanol–water partition coefficient (Wildman–Crippen LogP) is 4.76. The lowest BCUT2D eigenvalue weighted by Crippen LogP contribution is -2.20. The first-order valence-corrected chi connectivity index (χ1v) is 7.50. The molecule has 5 nitrogen and oxygen atoms in total. The number of carbonyl (C=O) groups is 1. The largest absolute Gasteiger partial charge is 0.446 e. The van der Waals surface area contributed by atoms with Gasteiger partial charge in [0.25, 0.3) is 0 Å². The molecule has 112 valence electrons. The maximum Gasteiger partial charge on any atom is 0.412 e. The van der Waals surface area contributed by atoms with Crippen molar-refractivity contribution < 1.29 is 14.1 Å². The molecule has 0 saturated carbocycles. The van der Waals surface area contributed by atoms with Crippen LogP contribution in [-0.2, 0) is 4.74 Å². The number of amides is 1. The number of rotatable bonds is 4. The standard InChI is InChI=1S/C15H17BrN2O3/c1-4-9(2)20-15(19)17-13-10(3)18-21-14(13)11-5-7-12(16)8-6-11/h5-9H,4H2,1-3H3,(H,17,19)/t9-/m0/s1. The van der Waals surface area contributed by atoms with E-state index in [1.165, 1.54) is 0 Å². The fourth-order valence-electron chi connectivity index (χ4n) is 1.71. The number of halogens is 1. The molecule has 1 heterocycles. The van der Waals surface area contributed by atoms with Crippen molar-refractivity contribution >= 4 is 27.7 Å². The van der Waals surface area contributed by atoms with Crippen LogP contribution in [0.15, 0.2) is 33.3 Å². The van der Waals surface area contributed by atoms with Crippen molar-refractivity contribution in [3.63, 3.8) is 0 Å². The quantitative estimate of drug-likeness (QED) is 0.861. The number of anilines is 1. The fourth-order valence-corrected chi connectivity index (χ4v) is 1.98. The normalized spacial score (nSPS) is 12.0. The molecule has 21 heavy (non-hydrogen) atoms. The number of aryl methyl sites for hydroxylation is 1. The van der Waals surface area contributed by atoms with Crippen LogP contribution in [-0.4, -0.2) is 17.4 Å². The average Bonchev–Trinajstić information content (AvgIpc) is 2.81. The fraction of sp³-hybridized carbons (Fsp3) is 0.333. The van der Waals surface area contributed by atoms with Crippen molar-refractivity contribution in [1.29, 1.82) is 0 Å². The Hall–Kier alpha value is -1.82. The lowest BCUT2D eigenvalue weighted by molar-refractivity contribution is 0.118. The lowest BCUT2D eigenvalue weighted by Gasteiger charge is -2.11. The second-order valence-electron chi connectivity index (χ2n) is 4.73. The Balaban J connectivity index is 2.22. The maximum atomic E-state index is 11.9. The molecule has 1 N–H and O–H groups in total. The summed E-state index contributed by atoms with van der Waals surface area (Å²) in [5.41, 5.74) is 1.97. The Labute approximate surface area is 131 Å². The molecule has 0 unspecified atom stereocenters. The summed E-state index contributed by atoms with van der Waals surface area (Å²) in [6.07, 6.45) is 0.116. The summed E-state index contributed by atoms with van der Waals surface area (Å²) in [5.74, 6) is 0.515. The molecule has 0 aliphatic rings. The molecule has 2 rings (SSSR count). The highest BCUT2D eigenvalue weighted by Gasteiger charge is 2.18. The second kappa shape index (κ2) is 6.76. The molecule has 0 radical (unpaired) electrons. The zero-order valence-corrected chi connectivity index (χ0v) is 13.7. The van der Waals surface area contributed by atoms with E-state index in [2.05, 4.69) is 26.4 Å². The minimum absolute atomic E-state index is 0.138. The Morgan fingerprint density at radius 3 is 2.71 bits per heavy atom. The van der Waals surface area contributed by atoms with Crippen LogP contribution in [0.25, 0.3) is 11.3 Å². The molecule has 0 fully saturated rings. The highest BCUT2D eigenvalue weighted by molar-refractivity contribution is 9.10. The van der Waals surface area contributed by atoms with E-state index in [1.54, 1.807) is 6.92 Å². The Bertz CT molecular complexity index is 622. The number of nitrogens with zero attached hydrogens (tertiary/aromatic N) is 1. The number of hydrogen-bond acceptors (Lipinski definition) is 4. The van der Waals surface area contributed by atoms with Crippen LogP contribution in [0.4, 0.5) is 10.5 Å². The van der Waals surface area contributed by atoms with Crippen LogP contribution < -0.4 is 5.32 Å². The van der Waals surface area contributed by atoms with Gasteiger partial charge in [-0.05, 0) is 44.5 Å². The molecular weight excluding hydrogens is 336 g/mol. The van der Waals surface area contributed by atoms with E-state index in [0.29, 0.717) is 17.1 Å². The smallest absolute Gasteiger partial charge is 0.412 e. The van der Waals surface area contributed by atoms with Crippen molar-refractivity contribution in [3.8, 4) is 11.3 Å². The molecule has 1 atom stereocenters. The monoisotopic (exact) mass is 352 g/mol. The molecule has 0 spiro atoms.